The second kappa shape index (κ2) is 7.50. The zero-order valence-corrected chi connectivity index (χ0v) is 16.1. The molecular formula is C16H23N7O7. The fraction of sp³-hybridized carbons (Fsp3) is 0.562. The van der Waals surface area contributed by atoms with Gasteiger partial charge in [0, 0.05) is 0 Å². The number of nitrogens with two attached hydrogens (primary N) is 2. The number of fused-ring (bicyclic) bond motifs is 1. The molecule has 0 aliphatic carbocycles. The van der Waals surface area contributed by atoms with E-state index >= 15 is 0 Å². The van der Waals surface area contributed by atoms with Gasteiger partial charge in [0.1, 0.15) is 36.5 Å². The van der Waals surface area contributed by atoms with Gasteiger partial charge in [0.2, 0.25) is 5.91 Å². The molecule has 2 aromatic heterocycles. The standard InChI is InChI=1S/C16H23N7O7/c1-6(25)8(17)13(27)22-11-9-12(20-4-19-11)23(5-21-9)16(14(18)28)15(2,29)10(26)7(3-24)30-16/h4-8,10,24-26,29H,3,17H2,1-2H3,(H2,18,28)(H,19,20,22,27)/t6-,7-,8+,10-,15-,16-/m1/s1. The Morgan fingerprint density at radius 2 is 2.07 bits per heavy atom. The third-order valence-electron chi connectivity index (χ3n) is 5.19. The average molecular weight is 425 g/mol. The molecule has 2 aromatic rings. The van der Waals surface area contributed by atoms with Crippen molar-refractivity contribution in [2.75, 3.05) is 11.9 Å². The number of nitrogens with zero attached hydrogens (tertiary/aromatic N) is 4. The minimum absolute atomic E-state index is 0.00870. The molecule has 0 bridgehead atoms. The van der Waals surface area contributed by atoms with E-state index in [1.165, 1.54) is 6.92 Å². The van der Waals surface area contributed by atoms with Gasteiger partial charge in [0.25, 0.3) is 11.6 Å². The normalized spacial score (nSPS) is 30.9. The van der Waals surface area contributed by atoms with Crippen molar-refractivity contribution in [3.05, 3.63) is 12.7 Å². The molecule has 0 unspecified atom stereocenters. The van der Waals surface area contributed by atoms with Crippen LogP contribution in [0.1, 0.15) is 13.8 Å². The van der Waals surface area contributed by atoms with E-state index < -0.39 is 54.1 Å². The predicted octanol–water partition coefficient (Wildman–Crippen LogP) is -3.89. The zero-order chi connectivity index (χ0) is 22.4. The SMILES string of the molecule is C[C@@H](O)[C@H](N)C(=O)Nc1ncnc2c1ncn2[C@]1(C(N)=O)O[C@H](CO)[C@@H](O)[C@@]1(C)O. The van der Waals surface area contributed by atoms with E-state index in [1.54, 1.807) is 0 Å². The number of amides is 2. The Morgan fingerprint density at radius 1 is 1.40 bits per heavy atom. The first-order valence-corrected chi connectivity index (χ1v) is 8.91. The number of imidazole rings is 1. The Balaban J connectivity index is 2.13. The highest BCUT2D eigenvalue weighted by Crippen LogP contribution is 2.44. The van der Waals surface area contributed by atoms with Crippen LogP contribution in [0.4, 0.5) is 5.82 Å². The van der Waals surface area contributed by atoms with Gasteiger partial charge in [-0.25, -0.2) is 15.0 Å². The highest BCUT2D eigenvalue weighted by molar-refractivity contribution is 6.00. The number of rotatable bonds is 6. The number of anilines is 1. The molecule has 6 atom stereocenters. The van der Waals surface area contributed by atoms with Gasteiger partial charge in [-0.05, 0) is 13.8 Å². The number of aromatic nitrogens is 4. The minimum Gasteiger partial charge on any atom is -0.394 e. The highest BCUT2D eigenvalue weighted by atomic mass is 16.6. The molecular weight excluding hydrogens is 402 g/mol. The van der Waals surface area contributed by atoms with Crippen LogP contribution in [0, 0.1) is 0 Å². The van der Waals surface area contributed by atoms with Crippen LogP contribution in [0.15, 0.2) is 12.7 Å². The van der Waals surface area contributed by atoms with E-state index in [0.29, 0.717) is 0 Å². The molecule has 164 valence electrons. The number of ether oxygens (including phenoxy) is 1. The molecule has 1 aliphatic rings. The van der Waals surface area contributed by atoms with Crippen LogP contribution in [0.2, 0.25) is 0 Å². The maximum atomic E-state index is 12.5. The van der Waals surface area contributed by atoms with Crippen LogP contribution in [0.25, 0.3) is 11.2 Å². The average Bonchev–Trinajstić information content (AvgIpc) is 3.20. The van der Waals surface area contributed by atoms with Gasteiger partial charge in [0.05, 0.1) is 12.7 Å². The first kappa shape index (κ1) is 21.9. The van der Waals surface area contributed by atoms with Gasteiger partial charge >= 0.3 is 0 Å². The molecule has 9 N–H and O–H groups in total. The number of aliphatic hydroxyl groups excluding tert-OH is 3. The van der Waals surface area contributed by atoms with E-state index in [2.05, 4.69) is 20.3 Å². The lowest BCUT2D eigenvalue weighted by atomic mass is 9.87. The molecule has 30 heavy (non-hydrogen) atoms. The smallest absolute Gasteiger partial charge is 0.274 e. The van der Waals surface area contributed by atoms with Gasteiger partial charge in [-0.15, -0.1) is 0 Å². The van der Waals surface area contributed by atoms with Crippen molar-refractivity contribution >= 4 is 28.8 Å². The van der Waals surface area contributed by atoms with Crippen LogP contribution < -0.4 is 16.8 Å². The Labute approximate surface area is 169 Å². The molecule has 0 radical (unpaired) electrons. The summed E-state index contributed by atoms with van der Waals surface area (Å²) in [5.74, 6) is -2.01. The summed E-state index contributed by atoms with van der Waals surface area (Å²) in [4.78, 5) is 36.6. The van der Waals surface area contributed by atoms with Crippen LogP contribution >= 0.6 is 0 Å². The van der Waals surface area contributed by atoms with Crippen molar-refractivity contribution in [3.63, 3.8) is 0 Å². The molecule has 1 aliphatic heterocycles. The maximum Gasteiger partial charge on any atom is 0.274 e. The number of primary amides is 1. The molecule has 1 saturated heterocycles. The molecule has 2 amide bonds. The van der Waals surface area contributed by atoms with E-state index in [4.69, 9.17) is 16.2 Å². The van der Waals surface area contributed by atoms with E-state index in [0.717, 1.165) is 24.1 Å². The van der Waals surface area contributed by atoms with E-state index in [-0.39, 0.29) is 17.0 Å². The van der Waals surface area contributed by atoms with Crippen molar-refractivity contribution in [1.29, 1.82) is 0 Å². The molecule has 1 fully saturated rings. The van der Waals surface area contributed by atoms with Crippen molar-refractivity contribution < 1.29 is 34.8 Å². The van der Waals surface area contributed by atoms with Gasteiger partial charge in [-0.2, -0.15) is 0 Å². The van der Waals surface area contributed by atoms with Gasteiger partial charge in [-0.1, -0.05) is 0 Å². The molecule has 3 rings (SSSR count). The summed E-state index contributed by atoms with van der Waals surface area (Å²) >= 11 is 0. The lowest BCUT2D eigenvalue weighted by Gasteiger charge is -2.37. The number of carbonyl (C=O) groups excluding carboxylic acids is 2. The summed E-state index contributed by atoms with van der Waals surface area (Å²) in [7, 11) is 0. The summed E-state index contributed by atoms with van der Waals surface area (Å²) in [5, 5.41) is 42.6. The largest absolute Gasteiger partial charge is 0.394 e. The maximum absolute atomic E-state index is 12.5. The summed E-state index contributed by atoms with van der Waals surface area (Å²) in [6.45, 7) is 1.76. The van der Waals surface area contributed by atoms with Crippen LogP contribution in [0.5, 0.6) is 0 Å². The summed E-state index contributed by atoms with van der Waals surface area (Å²) in [6, 6.07) is -1.24. The van der Waals surface area contributed by atoms with Crippen LogP contribution in [0.3, 0.4) is 0 Å². The molecule has 3 heterocycles. The Hall–Kier alpha value is -2.75. The molecule has 0 saturated carbocycles. The number of aliphatic hydroxyl groups is 4. The number of carbonyl (C=O) groups is 2. The second-order valence-electron chi connectivity index (χ2n) is 7.20. The highest BCUT2D eigenvalue weighted by Gasteiger charge is 2.67. The van der Waals surface area contributed by atoms with Crippen LogP contribution in [-0.4, -0.2) is 88.3 Å². The second-order valence-corrected chi connectivity index (χ2v) is 7.20. The Morgan fingerprint density at radius 3 is 2.60 bits per heavy atom. The number of hydrogen-bond acceptors (Lipinski definition) is 11. The van der Waals surface area contributed by atoms with Gasteiger partial charge in [-0.3, -0.25) is 14.2 Å². The summed E-state index contributed by atoms with van der Waals surface area (Å²) < 4.78 is 6.52. The summed E-state index contributed by atoms with van der Waals surface area (Å²) in [6.07, 6.45) is -2.01. The number of hydrogen-bond donors (Lipinski definition) is 7. The topological polar surface area (TPSA) is 232 Å². The predicted molar refractivity (Wildman–Crippen MR) is 99.4 cm³/mol. The lowest BCUT2D eigenvalue weighted by molar-refractivity contribution is -0.193. The van der Waals surface area contributed by atoms with Crippen molar-refractivity contribution in [2.24, 2.45) is 11.5 Å². The van der Waals surface area contributed by atoms with E-state index in [9.17, 15) is 30.0 Å². The number of nitrogens with one attached hydrogen (secondary N) is 1. The molecule has 14 heteroatoms. The third-order valence-corrected chi connectivity index (χ3v) is 5.19. The first-order valence-electron chi connectivity index (χ1n) is 8.91. The Bertz CT molecular complexity index is 978. The molecule has 0 aromatic carbocycles. The van der Waals surface area contributed by atoms with E-state index in [1.807, 2.05) is 0 Å². The lowest BCUT2D eigenvalue weighted by Crippen LogP contribution is -2.62. The summed E-state index contributed by atoms with van der Waals surface area (Å²) in [5.41, 5.74) is 6.41. The van der Waals surface area contributed by atoms with Crippen molar-refractivity contribution in [2.45, 2.75) is 49.5 Å². The minimum atomic E-state index is -2.37. The Kier molecular flexibility index (Phi) is 5.48. The fourth-order valence-electron chi connectivity index (χ4n) is 3.41. The third kappa shape index (κ3) is 3.01. The van der Waals surface area contributed by atoms with Gasteiger partial charge < -0.3 is 41.9 Å². The molecule has 0 spiro atoms. The van der Waals surface area contributed by atoms with Crippen molar-refractivity contribution in [1.82, 2.24) is 19.5 Å². The quantitative estimate of drug-likeness (QED) is 0.236. The fourth-order valence-corrected chi connectivity index (χ4v) is 3.41. The zero-order valence-electron chi connectivity index (χ0n) is 16.1. The van der Waals surface area contributed by atoms with Crippen LogP contribution in [-0.2, 0) is 20.1 Å². The first-order chi connectivity index (χ1) is 14.0. The van der Waals surface area contributed by atoms with Crippen molar-refractivity contribution in [3.8, 4) is 0 Å². The molecule has 14 nitrogen and oxygen atoms in total. The van der Waals surface area contributed by atoms with Gasteiger partial charge in [0.15, 0.2) is 17.0 Å². The monoisotopic (exact) mass is 425 g/mol.